The Bertz CT molecular complexity index is 669. The van der Waals surface area contributed by atoms with Crippen LogP contribution in [0.25, 0.3) is 0 Å². The predicted molar refractivity (Wildman–Crippen MR) is 70.5 cm³/mol. The summed E-state index contributed by atoms with van der Waals surface area (Å²) in [6, 6.07) is 11.4. The average molecular weight is 281 g/mol. The third-order valence-corrected chi connectivity index (χ3v) is 3.48. The van der Waals surface area contributed by atoms with E-state index in [4.69, 9.17) is 11.6 Å². The average Bonchev–Trinajstić information content (AvgIpc) is 2.38. The van der Waals surface area contributed by atoms with E-state index in [9.17, 15) is 8.42 Å². The van der Waals surface area contributed by atoms with Gasteiger partial charge in [0.25, 0.3) is 10.0 Å². The number of pyridine rings is 1. The van der Waals surface area contributed by atoms with E-state index in [1.54, 1.807) is 36.4 Å². The highest BCUT2D eigenvalue weighted by Crippen LogP contribution is 2.11. The molecule has 0 spiro atoms. The molecule has 0 unspecified atom stereocenters. The molecule has 0 bridgehead atoms. The van der Waals surface area contributed by atoms with E-state index in [-0.39, 0.29) is 5.03 Å². The molecular weight excluding hydrogens is 272 g/mol. The van der Waals surface area contributed by atoms with E-state index < -0.39 is 10.0 Å². The number of nitrogens with zero attached hydrogens (tertiary/aromatic N) is 2. The van der Waals surface area contributed by atoms with Crippen molar-refractivity contribution in [2.24, 2.45) is 4.40 Å². The van der Waals surface area contributed by atoms with Gasteiger partial charge in [0.15, 0.2) is 5.03 Å². The fraction of sp³-hybridized carbons (Fsp3) is 0. The molecule has 0 N–H and O–H groups in total. The van der Waals surface area contributed by atoms with Crippen LogP contribution in [0.4, 0.5) is 0 Å². The summed E-state index contributed by atoms with van der Waals surface area (Å²) in [6.07, 6.45) is 2.65. The van der Waals surface area contributed by atoms with Crippen LogP contribution in [0, 0.1) is 0 Å². The van der Waals surface area contributed by atoms with Gasteiger partial charge in [-0.25, -0.2) is 4.98 Å². The second-order valence-corrected chi connectivity index (χ2v) is 5.45. The van der Waals surface area contributed by atoms with Gasteiger partial charge in [-0.15, -0.1) is 0 Å². The van der Waals surface area contributed by atoms with Crippen LogP contribution < -0.4 is 0 Å². The summed E-state index contributed by atoms with van der Waals surface area (Å²) in [7, 11) is -3.76. The lowest BCUT2D eigenvalue weighted by Gasteiger charge is -1.97. The number of sulfonamides is 1. The number of rotatable bonds is 3. The summed E-state index contributed by atoms with van der Waals surface area (Å²) >= 11 is 5.79. The van der Waals surface area contributed by atoms with Crippen molar-refractivity contribution >= 4 is 27.8 Å². The highest BCUT2D eigenvalue weighted by molar-refractivity contribution is 7.90. The molecule has 0 saturated carbocycles. The first-order valence-electron chi connectivity index (χ1n) is 5.05. The molecule has 1 aromatic carbocycles. The van der Waals surface area contributed by atoms with Crippen LogP contribution in [0.5, 0.6) is 0 Å². The molecule has 0 amide bonds. The Hall–Kier alpha value is -1.72. The summed E-state index contributed by atoms with van der Waals surface area (Å²) in [4.78, 5) is 3.75. The number of aromatic nitrogens is 1. The predicted octanol–water partition coefficient (Wildman–Crippen LogP) is 2.54. The highest BCUT2D eigenvalue weighted by atomic mass is 35.5. The van der Waals surface area contributed by atoms with Gasteiger partial charge < -0.3 is 0 Å². The van der Waals surface area contributed by atoms with Crippen LogP contribution >= 0.6 is 11.6 Å². The fourth-order valence-corrected chi connectivity index (χ4v) is 2.28. The van der Waals surface area contributed by atoms with Gasteiger partial charge in [-0.2, -0.15) is 12.8 Å². The molecular formula is C12H9ClN2O2S. The zero-order chi connectivity index (χ0) is 13.0. The summed E-state index contributed by atoms with van der Waals surface area (Å²) in [5.74, 6) is 0. The van der Waals surface area contributed by atoms with Crippen molar-refractivity contribution in [3.05, 3.63) is 59.2 Å². The first kappa shape index (κ1) is 12.7. The molecule has 18 heavy (non-hydrogen) atoms. The molecule has 2 rings (SSSR count). The topological polar surface area (TPSA) is 59.4 Å². The molecule has 4 nitrogen and oxygen atoms in total. The van der Waals surface area contributed by atoms with E-state index >= 15 is 0 Å². The van der Waals surface area contributed by atoms with Crippen LogP contribution in [0.1, 0.15) is 5.56 Å². The van der Waals surface area contributed by atoms with Crippen molar-refractivity contribution in [3.8, 4) is 0 Å². The number of halogens is 1. The normalized spacial score (nSPS) is 11.8. The maximum atomic E-state index is 11.8. The molecule has 0 radical (unpaired) electrons. The highest BCUT2D eigenvalue weighted by Gasteiger charge is 2.11. The minimum Gasteiger partial charge on any atom is -0.243 e. The van der Waals surface area contributed by atoms with Crippen molar-refractivity contribution in [1.29, 1.82) is 0 Å². The van der Waals surface area contributed by atoms with Crippen LogP contribution in [-0.2, 0) is 10.0 Å². The van der Waals surface area contributed by atoms with E-state index in [2.05, 4.69) is 9.38 Å². The van der Waals surface area contributed by atoms with Crippen LogP contribution in [0.15, 0.2) is 58.1 Å². The lowest BCUT2D eigenvalue weighted by Crippen LogP contribution is -2.00. The van der Waals surface area contributed by atoms with Gasteiger partial charge in [0.05, 0.1) is 0 Å². The molecule has 0 atom stereocenters. The molecule has 1 heterocycles. The Balaban J connectivity index is 2.29. The minimum atomic E-state index is -3.76. The van der Waals surface area contributed by atoms with Gasteiger partial charge >= 0.3 is 0 Å². The van der Waals surface area contributed by atoms with Crippen LogP contribution in [-0.4, -0.2) is 19.6 Å². The summed E-state index contributed by atoms with van der Waals surface area (Å²) in [5.41, 5.74) is 0.613. The molecule has 2 aromatic rings. The monoisotopic (exact) mass is 280 g/mol. The van der Waals surface area contributed by atoms with Crippen molar-refractivity contribution in [2.45, 2.75) is 5.03 Å². The van der Waals surface area contributed by atoms with E-state index in [0.717, 1.165) is 0 Å². The van der Waals surface area contributed by atoms with E-state index in [1.807, 2.05) is 0 Å². The summed E-state index contributed by atoms with van der Waals surface area (Å²) < 4.78 is 27.2. The summed E-state index contributed by atoms with van der Waals surface area (Å²) in [5, 5.41) is 0.442. The lowest BCUT2D eigenvalue weighted by atomic mass is 10.2. The molecule has 0 aliphatic heterocycles. The molecule has 0 saturated heterocycles. The van der Waals surface area contributed by atoms with Crippen LogP contribution in [0.2, 0.25) is 5.02 Å². The minimum absolute atomic E-state index is 0.0803. The van der Waals surface area contributed by atoms with Crippen LogP contribution in [0.3, 0.4) is 0 Å². The zero-order valence-electron chi connectivity index (χ0n) is 9.19. The first-order valence-corrected chi connectivity index (χ1v) is 6.87. The molecule has 0 aliphatic carbocycles. The van der Waals surface area contributed by atoms with Gasteiger partial charge in [-0.3, -0.25) is 0 Å². The standard InChI is InChI=1S/C12H9ClN2O2S/c13-11-5-3-4-10(8-11)9-15-18(16,17)12-6-1-2-7-14-12/h1-9H/b15-9+. The lowest BCUT2D eigenvalue weighted by molar-refractivity contribution is 0.594. The van der Waals surface area contributed by atoms with E-state index in [1.165, 1.54) is 18.5 Å². The maximum Gasteiger partial charge on any atom is 0.299 e. The Kier molecular flexibility index (Phi) is 3.74. The second kappa shape index (κ2) is 5.29. The smallest absolute Gasteiger partial charge is 0.243 e. The van der Waals surface area contributed by atoms with Crippen molar-refractivity contribution in [1.82, 2.24) is 4.98 Å². The van der Waals surface area contributed by atoms with Gasteiger partial charge in [-0.05, 0) is 29.8 Å². The first-order chi connectivity index (χ1) is 8.58. The van der Waals surface area contributed by atoms with Crippen molar-refractivity contribution in [2.75, 3.05) is 0 Å². The van der Waals surface area contributed by atoms with Crippen molar-refractivity contribution < 1.29 is 8.42 Å². The molecule has 0 aliphatic rings. The number of hydrogen-bond acceptors (Lipinski definition) is 3. The molecule has 6 heteroatoms. The molecule has 0 fully saturated rings. The Labute approximate surface area is 110 Å². The third kappa shape index (κ3) is 3.15. The molecule has 1 aromatic heterocycles. The quantitative estimate of drug-likeness (QED) is 0.812. The van der Waals surface area contributed by atoms with Gasteiger partial charge in [0.1, 0.15) is 0 Å². The third-order valence-electron chi connectivity index (χ3n) is 2.09. The Morgan fingerprint density at radius 3 is 2.67 bits per heavy atom. The zero-order valence-corrected chi connectivity index (χ0v) is 10.8. The number of hydrogen-bond donors (Lipinski definition) is 0. The Morgan fingerprint density at radius 2 is 2.00 bits per heavy atom. The van der Waals surface area contributed by atoms with Gasteiger partial charge in [0, 0.05) is 17.4 Å². The maximum absolute atomic E-state index is 11.8. The fourth-order valence-electron chi connectivity index (χ4n) is 1.27. The Morgan fingerprint density at radius 1 is 1.17 bits per heavy atom. The van der Waals surface area contributed by atoms with E-state index in [0.29, 0.717) is 10.6 Å². The van der Waals surface area contributed by atoms with Gasteiger partial charge in [0.2, 0.25) is 0 Å². The van der Waals surface area contributed by atoms with Crippen molar-refractivity contribution in [3.63, 3.8) is 0 Å². The number of benzene rings is 1. The second-order valence-electron chi connectivity index (χ2n) is 3.43. The van der Waals surface area contributed by atoms with Gasteiger partial charge in [-0.1, -0.05) is 29.8 Å². The molecule has 92 valence electrons. The summed E-state index contributed by atoms with van der Waals surface area (Å²) in [6.45, 7) is 0. The largest absolute Gasteiger partial charge is 0.299 e. The SMILES string of the molecule is O=S(=O)(/N=C/c1cccc(Cl)c1)c1ccccn1.